The molecule has 1 aromatic carbocycles. The highest BCUT2D eigenvalue weighted by atomic mass is 35.5. The number of amides is 1. The molecule has 0 spiro atoms. The van der Waals surface area contributed by atoms with Gasteiger partial charge in [-0.05, 0) is 36.5 Å². The summed E-state index contributed by atoms with van der Waals surface area (Å²) in [5.74, 6) is 0.604. The zero-order chi connectivity index (χ0) is 18.0. The Morgan fingerprint density at radius 3 is 2.35 bits per heavy atom. The minimum Gasteiger partial charge on any atom is -0.336 e. The van der Waals surface area contributed by atoms with Gasteiger partial charge in [-0.2, -0.15) is 4.31 Å². The number of rotatable bonds is 3. The van der Waals surface area contributed by atoms with E-state index >= 15 is 0 Å². The number of hydrogen-bond donors (Lipinski definition) is 1. The van der Waals surface area contributed by atoms with Crippen LogP contribution in [0.1, 0.15) is 30.6 Å². The van der Waals surface area contributed by atoms with Crippen molar-refractivity contribution in [3.8, 4) is 0 Å². The molecule has 2 atom stereocenters. The third-order valence-corrected chi connectivity index (χ3v) is 6.79. The van der Waals surface area contributed by atoms with Gasteiger partial charge in [0.05, 0.1) is 4.90 Å². The Labute approximate surface area is 162 Å². The van der Waals surface area contributed by atoms with E-state index in [2.05, 4.69) is 19.2 Å². The summed E-state index contributed by atoms with van der Waals surface area (Å²) in [6.45, 7) is 8.10. The fourth-order valence-corrected chi connectivity index (χ4v) is 5.52. The van der Waals surface area contributed by atoms with Crippen LogP contribution in [0.2, 0.25) is 0 Å². The van der Waals surface area contributed by atoms with E-state index in [4.69, 9.17) is 0 Å². The molecule has 1 aromatic rings. The van der Waals surface area contributed by atoms with Gasteiger partial charge in [0.1, 0.15) is 0 Å². The first-order valence-corrected chi connectivity index (χ1v) is 10.4. The number of nitrogens with zero attached hydrogens (tertiary/aromatic N) is 2. The number of halogens is 1. The molecule has 0 radical (unpaired) electrons. The first-order chi connectivity index (χ1) is 11.9. The Hall–Kier alpha value is -1.15. The molecule has 2 unspecified atom stereocenters. The van der Waals surface area contributed by atoms with Crippen LogP contribution >= 0.6 is 12.4 Å². The van der Waals surface area contributed by atoms with Crippen LogP contribution in [0.25, 0.3) is 0 Å². The Morgan fingerprint density at radius 1 is 1.12 bits per heavy atom. The summed E-state index contributed by atoms with van der Waals surface area (Å²) in [5, 5.41) is 3.21. The van der Waals surface area contributed by atoms with Crippen LogP contribution in [0, 0.1) is 11.8 Å². The number of nitrogens with one attached hydrogen (secondary N) is 1. The van der Waals surface area contributed by atoms with Gasteiger partial charge in [0.25, 0.3) is 5.91 Å². The van der Waals surface area contributed by atoms with E-state index in [1.165, 1.54) is 6.07 Å². The molecule has 3 rings (SSSR count). The monoisotopic (exact) mass is 401 g/mol. The second-order valence-corrected chi connectivity index (χ2v) is 9.28. The molecule has 0 bridgehead atoms. The van der Waals surface area contributed by atoms with Crippen LogP contribution in [0.4, 0.5) is 0 Å². The summed E-state index contributed by atoms with van der Waals surface area (Å²) in [7, 11) is -3.56. The third kappa shape index (κ3) is 4.57. The number of carbonyl (C=O) groups excluding carboxylic acids is 1. The number of sulfonamides is 1. The van der Waals surface area contributed by atoms with Gasteiger partial charge in [0.15, 0.2) is 0 Å². The molecular formula is C18H28ClN3O3S. The fraction of sp³-hybridized carbons (Fsp3) is 0.611. The van der Waals surface area contributed by atoms with E-state index in [0.29, 0.717) is 43.6 Å². The van der Waals surface area contributed by atoms with Crippen LogP contribution in [0.5, 0.6) is 0 Å². The molecule has 26 heavy (non-hydrogen) atoms. The second kappa shape index (κ2) is 8.69. The first kappa shape index (κ1) is 21.2. The molecule has 0 aromatic heterocycles. The lowest BCUT2D eigenvalue weighted by Crippen LogP contribution is -2.46. The maximum absolute atomic E-state index is 13.0. The number of piperidine rings is 1. The molecule has 6 nitrogen and oxygen atoms in total. The van der Waals surface area contributed by atoms with Crippen LogP contribution in [0.15, 0.2) is 29.2 Å². The third-order valence-electron chi connectivity index (χ3n) is 4.96. The summed E-state index contributed by atoms with van der Waals surface area (Å²) >= 11 is 0. The van der Waals surface area contributed by atoms with Crippen LogP contribution in [0.3, 0.4) is 0 Å². The van der Waals surface area contributed by atoms with Gasteiger partial charge < -0.3 is 10.2 Å². The van der Waals surface area contributed by atoms with Gasteiger partial charge >= 0.3 is 0 Å². The highest BCUT2D eigenvalue weighted by Crippen LogP contribution is 2.27. The molecular weight excluding hydrogens is 374 g/mol. The molecule has 2 saturated heterocycles. The Balaban J connectivity index is 0.00000243. The summed E-state index contributed by atoms with van der Waals surface area (Å²) in [5.41, 5.74) is 0.445. The van der Waals surface area contributed by atoms with Crippen molar-refractivity contribution < 1.29 is 13.2 Å². The van der Waals surface area contributed by atoms with E-state index in [9.17, 15) is 13.2 Å². The number of piperazine rings is 1. The average molecular weight is 402 g/mol. The smallest absolute Gasteiger partial charge is 0.253 e. The van der Waals surface area contributed by atoms with Crippen molar-refractivity contribution in [2.45, 2.75) is 25.2 Å². The summed E-state index contributed by atoms with van der Waals surface area (Å²) in [6, 6.07) is 6.49. The quantitative estimate of drug-likeness (QED) is 0.838. The molecule has 2 fully saturated rings. The Kier molecular flexibility index (Phi) is 7.07. The van der Waals surface area contributed by atoms with Crippen LogP contribution < -0.4 is 5.32 Å². The molecule has 1 amide bonds. The maximum atomic E-state index is 13.0. The van der Waals surface area contributed by atoms with Crippen molar-refractivity contribution in [1.82, 2.24) is 14.5 Å². The maximum Gasteiger partial charge on any atom is 0.253 e. The average Bonchev–Trinajstić information content (AvgIpc) is 2.61. The van der Waals surface area contributed by atoms with E-state index in [1.54, 1.807) is 27.4 Å². The summed E-state index contributed by atoms with van der Waals surface area (Å²) in [4.78, 5) is 14.6. The molecule has 2 aliphatic rings. The topological polar surface area (TPSA) is 69.7 Å². The molecule has 0 saturated carbocycles. The van der Waals surface area contributed by atoms with Crippen molar-refractivity contribution in [3.05, 3.63) is 29.8 Å². The van der Waals surface area contributed by atoms with E-state index in [1.807, 2.05) is 0 Å². The van der Waals surface area contributed by atoms with Gasteiger partial charge in [-0.3, -0.25) is 4.79 Å². The predicted molar refractivity (Wildman–Crippen MR) is 104 cm³/mol. The number of carbonyl (C=O) groups is 1. The van der Waals surface area contributed by atoms with Crippen molar-refractivity contribution in [3.63, 3.8) is 0 Å². The predicted octanol–water partition coefficient (Wildman–Crippen LogP) is 1.82. The summed E-state index contributed by atoms with van der Waals surface area (Å²) in [6.07, 6.45) is 1.05. The van der Waals surface area contributed by atoms with Gasteiger partial charge in [-0.15, -0.1) is 12.4 Å². The summed E-state index contributed by atoms with van der Waals surface area (Å²) < 4.78 is 27.6. The zero-order valence-electron chi connectivity index (χ0n) is 15.3. The highest BCUT2D eigenvalue weighted by Gasteiger charge is 2.32. The van der Waals surface area contributed by atoms with Crippen molar-refractivity contribution in [2.75, 3.05) is 39.3 Å². The number of hydrogen-bond acceptors (Lipinski definition) is 4. The highest BCUT2D eigenvalue weighted by molar-refractivity contribution is 7.89. The van der Waals surface area contributed by atoms with Crippen molar-refractivity contribution >= 4 is 28.3 Å². The fourth-order valence-electron chi connectivity index (χ4n) is 3.79. The SMILES string of the molecule is CC1CC(C)CN(S(=O)(=O)c2cccc(C(=O)N3CCNCC3)c2)C1.Cl. The van der Waals surface area contributed by atoms with Gasteiger partial charge in [-0.25, -0.2) is 8.42 Å². The lowest BCUT2D eigenvalue weighted by Gasteiger charge is -2.34. The minimum absolute atomic E-state index is 0. The molecule has 2 heterocycles. The Bertz CT molecular complexity index is 725. The second-order valence-electron chi connectivity index (χ2n) is 7.34. The van der Waals surface area contributed by atoms with E-state index < -0.39 is 10.0 Å². The molecule has 0 aliphatic carbocycles. The van der Waals surface area contributed by atoms with Crippen molar-refractivity contribution in [1.29, 1.82) is 0 Å². The zero-order valence-corrected chi connectivity index (χ0v) is 17.0. The number of benzene rings is 1. The molecule has 146 valence electrons. The van der Waals surface area contributed by atoms with Gasteiger partial charge in [0, 0.05) is 44.8 Å². The van der Waals surface area contributed by atoms with Gasteiger partial charge in [-0.1, -0.05) is 19.9 Å². The Morgan fingerprint density at radius 2 is 1.73 bits per heavy atom. The largest absolute Gasteiger partial charge is 0.336 e. The first-order valence-electron chi connectivity index (χ1n) is 8.98. The van der Waals surface area contributed by atoms with E-state index in [0.717, 1.165) is 19.5 Å². The lowest BCUT2D eigenvalue weighted by molar-refractivity contribution is 0.0735. The molecule has 8 heteroatoms. The van der Waals surface area contributed by atoms with Crippen LogP contribution in [-0.4, -0.2) is 62.8 Å². The van der Waals surface area contributed by atoms with Gasteiger partial charge in [0.2, 0.25) is 10.0 Å². The molecule has 1 N–H and O–H groups in total. The standard InChI is InChI=1S/C18H27N3O3S.ClH/c1-14-10-15(2)13-21(12-14)25(23,24)17-5-3-4-16(11-17)18(22)20-8-6-19-7-9-20;/h3-5,11,14-15,19H,6-10,12-13H2,1-2H3;1H. The minimum atomic E-state index is -3.56. The molecule has 2 aliphatic heterocycles. The lowest BCUT2D eigenvalue weighted by atomic mass is 9.94. The van der Waals surface area contributed by atoms with E-state index in [-0.39, 0.29) is 23.2 Å². The van der Waals surface area contributed by atoms with Crippen molar-refractivity contribution in [2.24, 2.45) is 11.8 Å². The normalized spacial score (nSPS) is 24.8. The van der Waals surface area contributed by atoms with Crippen LogP contribution in [-0.2, 0) is 10.0 Å².